The third-order valence-corrected chi connectivity index (χ3v) is 9.61. The van der Waals surface area contributed by atoms with Crippen molar-refractivity contribution >= 4 is 28.0 Å². The van der Waals surface area contributed by atoms with Crippen LogP contribution in [0.4, 0.5) is 10.7 Å². The van der Waals surface area contributed by atoms with E-state index in [2.05, 4.69) is 45.3 Å². The van der Waals surface area contributed by atoms with Crippen molar-refractivity contribution in [1.29, 1.82) is 0 Å². The number of anilines is 1. The van der Waals surface area contributed by atoms with Crippen LogP contribution in [-0.2, 0) is 21.4 Å². The molecule has 51 heavy (non-hydrogen) atoms. The molecule has 1 unspecified atom stereocenters. The monoisotopic (exact) mass is 716 g/mol. The summed E-state index contributed by atoms with van der Waals surface area (Å²) in [7, 11) is -4.41. The van der Waals surface area contributed by atoms with Crippen molar-refractivity contribution in [2.75, 3.05) is 37.4 Å². The number of hydrogen-bond acceptors (Lipinski definition) is 10. The highest BCUT2D eigenvalue weighted by Crippen LogP contribution is 2.30. The van der Waals surface area contributed by atoms with E-state index in [-0.39, 0.29) is 30.4 Å². The van der Waals surface area contributed by atoms with Gasteiger partial charge in [0, 0.05) is 31.3 Å². The van der Waals surface area contributed by atoms with Gasteiger partial charge < -0.3 is 19.5 Å². The van der Waals surface area contributed by atoms with Crippen LogP contribution < -0.4 is 9.46 Å². The number of ether oxygens (including phenoxy) is 2. The molecule has 0 aliphatic carbocycles. The molecule has 1 saturated heterocycles. The van der Waals surface area contributed by atoms with Crippen LogP contribution in [0, 0.1) is 19.3 Å². The highest BCUT2D eigenvalue weighted by Gasteiger charge is 2.30. The van der Waals surface area contributed by atoms with Crippen molar-refractivity contribution in [2.24, 2.45) is 5.41 Å². The maximum absolute atomic E-state index is 13.4. The lowest BCUT2D eigenvalue weighted by Crippen LogP contribution is -2.41. The number of pyridine rings is 1. The molecule has 4 aromatic rings. The Hall–Kier alpha value is -5.08. The molecule has 0 radical (unpaired) electrons. The average Bonchev–Trinajstić information content (AvgIpc) is 3.28. The summed E-state index contributed by atoms with van der Waals surface area (Å²) in [6, 6.07) is 20.6. The number of amides is 1. The van der Waals surface area contributed by atoms with E-state index in [1.807, 2.05) is 62.4 Å². The molecule has 2 aromatic carbocycles. The van der Waals surface area contributed by atoms with Gasteiger partial charge in [-0.3, -0.25) is 4.90 Å². The number of carbonyl (C=O) groups excluding carboxylic acids is 1. The lowest BCUT2D eigenvalue weighted by atomic mass is 9.92. The van der Waals surface area contributed by atoms with Crippen molar-refractivity contribution in [3.63, 3.8) is 0 Å². The molecule has 270 valence electrons. The number of carbonyl (C=O) groups is 2. The second kappa shape index (κ2) is 15.9. The summed E-state index contributed by atoms with van der Waals surface area (Å²) in [5.74, 6) is -1.56. The van der Waals surface area contributed by atoms with Crippen LogP contribution in [0.25, 0.3) is 11.3 Å². The van der Waals surface area contributed by atoms with E-state index in [0.717, 1.165) is 35.2 Å². The fourth-order valence-electron chi connectivity index (χ4n) is 5.69. The van der Waals surface area contributed by atoms with Crippen LogP contribution in [0.5, 0.6) is 5.88 Å². The number of carboxylic acids is 1. The molecule has 0 bridgehead atoms. The molecule has 2 N–H and O–H groups in total. The minimum absolute atomic E-state index is 0.0906. The van der Waals surface area contributed by atoms with Gasteiger partial charge in [0.05, 0.1) is 12.2 Å². The molecule has 1 aliphatic heterocycles. The summed E-state index contributed by atoms with van der Waals surface area (Å²) in [5.41, 5.74) is 3.53. The summed E-state index contributed by atoms with van der Waals surface area (Å²) in [6.45, 7) is 13.0. The lowest BCUT2D eigenvalue weighted by molar-refractivity contribution is 0.0689. The zero-order valence-electron chi connectivity index (χ0n) is 29.5. The fraction of sp³-hybridized carbons (Fsp3) is 0.378. The summed E-state index contributed by atoms with van der Waals surface area (Å²) in [5, 5.41) is 8.86. The van der Waals surface area contributed by atoms with Gasteiger partial charge in [-0.15, -0.1) is 0 Å². The highest BCUT2D eigenvalue weighted by molar-refractivity contribution is 7.92. The van der Waals surface area contributed by atoms with Crippen molar-refractivity contribution < 1.29 is 32.6 Å². The molecule has 3 heterocycles. The Balaban J connectivity index is 1.47. The summed E-state index contributed by atoms with van der Waals surface area (Å²) in [4.78, 5) is 41.5. The number of aromatic nitrogens is 3. The number of aryl methyl sites for hydroxylation is 2. The van der Waals surface area contributed by atoms with Gasteiger partial charge in [0.2, 0.25) is 11.8 Å². The zero-order chi connectivity index (χ0) is 36.8. The summed E-state index contributed by atoms with van der Waals surface area (Å²) >= 11 is 0. The minimum atomic E-state index is -4.41. The first-order valence-corrected chi connectivity index (χ1v) is 18.2. The molecule has 13 nitrogen and oxygen atoms in total. The second-order valence-electron chi connectivity index (χ2n) is 13.8. The molecule has 0 saturated carbocycles. The number of carboxylic acid groups (broad SMARTS) is 1. The molecule has 1 amide bonds. The van der Waals surface area contributed by atoms with Crippen molar-refractivity contribution in [2.45, 2.75) is 58.8 Å². The van der Waals surface area contributed by atoms with Crippen LogP contribution in [0.2, 0.25) is 0 Å². The van der Waals surface area contributed by atoms with E-state index >= 15 is 0 Å². The van der Waals surface area contributed by atoms with E-state index in [4.69, 9.17) is 9.47 Å². The van der Waals surface area contributed by atoms with E-state index in [9.17, 15) is 23.1 Å². The molecule has 5 rings (SSSR count). The van der Waals surface area contributed by atoms with Gasteiger partial charge in [0.1, 0.15) is 18.4 Å². The van der Waals surface area contributed by atoms with E-state index < -0.39 is 38.9 Å². The molecule has 0 spiro atoms. The lowest BCUT2D eigenvalue weighted by Gasteiger charge is -2.27. The molecule has 1 fully saturated rings. The Morgan fingerprint density at radius 1 is 0.922 bits per heavy atom. The van der Waals surface area contributed by atoms with Gasteiger partial charge in [-0.25, -0.2) is 24.3 Å². The SMILES string of the molecule is Cc1cccc(C)c1-c1cc(OC2CN(CCC(C)(C)C)CCN(C(=O)OCc3ccccc3)C2)nc(NS(=O)(=O)c2cccc(C(=O)O)n2)n1. The zero-order valence-corrected chi connectivity index (χ0v) is 30.3. The van der Waals surface area contributed by atoms with Crippen LogP contribution in [0.15, 0.2) is 77.8 Å². The molecule has 14 heteroatoms. The second-order valence-corrected chi connectivity index (χ2v) is 15.4. The largest absolute Gasteiger partial charge is 0.477 e. The highest BCUT2D eigenvalue weighted by atomic mass is 32.2. The Bertz CT molecular complexity index is 1950. The Morgan fingerprint density at radius 2 is 1.63 bits per heavy atom. The average molecular weight is 717 g/mol. The van der Waals surface area contributed by atoms with Gasteiger partial charge in [0.15, 0.2) is 5.03 Å². The maximum atomic E-state index is 13.4. The molecule has 1 atom stereocenters. The summed E-state index contributed by atoms with van der Waals surface area (Å²) < 4.78 is 41.4. The molecular formula is C37H44N6O7S. The number of nitrogens with one attached hydrogen (secondary N) is 1. The van der Waals surface area contributed by atoms with Gasteiger partial charge in [-0.2, -0.15) is 13.4 Å². The number of hydrogen-bond donors (Lipinski definition) is 2. The number of benzene rings is 2. The summed E-state index contributed by atoms with van der Waals surface area (Å²) in [6.07, 6.45) is -0.102. The number of rotatable bonds is 11. The number of nitrogens with zero attached hydrogens (tertiary/aromatic N) is 5. The first kappa shape index (κ1) is 37.2. The third-order valence-electron chi connectivity index (χ3n) is 8.38. The van der Waals surface area contributed by atoms with Crippen molar-refractivity contribution in [1.82, 2.24) is 24.8 Å². The van der Waals surface area contributed by atoms with Crippen molar-refractivity contribution in [3.05, 3.63) is 95.2 Å². The number of sulfonamides is 1. The van der Waals surface area contributed by atoms with Gasteiger partial charge >= 0.3 is 12.1 Å². The van der Waals surface area contributed by atoms with Gasteiger partial charge in [-0.05, 0) is 61.1 Å². The topological polar surface area (TPSA) is 164 Å². The van der Waals surface area contributed by atoms with Crippen LogP contribution in [-0.4, -0.2) is 89.2 Å². The predicted molar refractivity (Wildman–Crippen MR) is 192 cm³/mol. The number of aromatic carboxylic acids is 1. The standard InChI is InChI=1S/C37H44N6O7S/c1-25-11-9-12-26(2)33(25)30-21-31(40-35(39-30)41-51(47,48)32-16-10-15-29(38-32)34(44)45)50-28-22-42(18-17-37(3,4)5)19-20-43(23-28)36(46)49-24-27-13-7-6-8-14-27/h6-16,21,28H,17-20,22-24H2,1-5H3,(H,44,45)(H,39,40,41). The minimum Gasteiger partial charge on any atom is -0.477 e. The van der Waals surface area contributed by atoms with Crippen molar-refractivity contribution in [3.8, 4) is 17.1 Å². The fourth-order valence-corrected chi connectivity index (χ4v) is 6.60. The Kier molecular flexibility index (Phi) is 11.6. The Morgan fingerprint density at radius 3 is 2.31 bits per heavy atom. The quantitative estimate of drug-likeness (QED) is 0.193. The predicted octanol–water partition coefficient (Wildman–Crippen LogP) is 5.79. The van der Waals surface area contributed by atoms with Crippen LogP contribution in [0.1, 0.15) is 54.4 Å². The first-order valence-electron chi connectivity index (χ1n) is 16.7. The van der Waals surface area contributed by atoms with E-state index in [1.165, 1.54) is 18.2 Å². The van der Waals surface area contributed by atoms with Gasteiger partial charge in [0.25, 0.3) is 10.0 Å². The van der Waals surface area contributed by atoms with Gasteiger partial charge in [-0.1, -0.05) is 75.4 Å². The maximum Gasteiger partial charge on any atom is 0.410 e. The molecular weight excluding hydrogens is 673 g/mol. The third kappa shape index (κ3) is 10.2. The van der Waals surface area contributed by atoms with E-state index in [1.54, 1.807) is 11.0 Å². The van der Waals surface area contributed by atoms with Crippen LogP contribution >= 0.6 is 0 Å². The molecule has 2 aromatic heterocycles. The normalized spacial score (nSPS) is 15.5. The molecule has 1 aliphatic rings. The Labute approximate surface area is 298 Å². The first-order chi connectivity index (χ1) is 24.2. The van der Waals surface area contributed by atoms with Crippen LogP contribution in [0.3, 0.4) is 0 Å². The van der Waals surface area contributed by atoms with E-state index in [0.29, 0.717) is 25.3 Å². The smallest absolute Gasteiger partial charge is 0.410 e.